The van der Waals surface area contributed by atoms with E-state index in [4.69, 9.17) is 5.73 Å². The number of piperazine rings is 1. The predicted molar refractivity (Wildman–Crippen MR) is 85.4 cm³/mol. The van der Waals surface area contributed by atoms with Crippen molar-refractivity contribution in [2.45, 2.75) is 51.1 Å². The van der Waals surface area contributed by atoms with Gasteiger partial charge in [0.25, 0.3) is 10.2 Å². The third-order valence-corrected chi connectivity index (χ3v) is 7.06. The molecule has 0 unspecified atom stereocenters. The lowest BCUT2D eigenvalue weighted by Crippen LogP contribution is -2.57. The Morgan fingerprint density at radius 1 is 1.14 bits per heavy atom. The van der Waals surface area contributed by atoms with Crippen molar-refractivity contribution in [3.63, 3.8) is 0 Å². The maximum atomic E-state index is 12.7. The summed E-state index contributed by atoms with van der Waals surface area (Å²) in [5.41, 5.74) is 5.31. The molecule has 0 spiro atoms. The van der Waals surface area contributed by atoms with Gasteiger partial charge >= 0.3 is 0 Å². The van der Waals surface area contributed by atoms with Gasteiger partial charge in [0.1, 0.15) is 0 Å². The van der Waals surface area contributed by atoms with Crippen molar-refractivity contribution in [2.75, 3.05) is 33.2 Å². The molecular weight excluding hydrogens is 304 g/mol. The van der Waals surface area contributed by atoms with Gasteiger partial charge in [-0.2, -0.15) is 17.0 Å². The molecule has 2 aliphatic rings. The Morgan fingerprint density at radius 3 is 2.18 bits per heavy atom. The van der Waals surface area contributed by atoms with Crippen LogP contribution in [0.15, 0.2) is 0 Å². The van der Waals surface area contributed by atoms with Gasteiger partial charge in [0.15, 0.2) is 0 Å². The summed E-state index contributed by atoms with van der Waals surface area (Å²) in [4.78, 5) is 13.2. The summed E-state index contributed by atoms with van der Waals surface area (Å²) in [5.74, 6) is -0.365. The van der Waals surface area contributed by atoms with Crippen molar-refractivity contribution in [3.05, 3.63) is 0 Å². The molecule has 2 rings (SSSR count). The second kappa shape index (κ2) is 7.25. The van der Waals surface area contributed by atoms with Crippen molar-refractivity contribution in [1.29, 1.82) is 0 Å². The maximum absolute atomic E-state index is 12.7. The van der Waals surface area contributed by atoms with Gasteiger partial charge in [0, 0.05) is 39.3 Å². The van der Waals surface area contributed by atoms with Gasteiger partial charge < -0.3 is 5.73 Å². The number of primary amides is 1. The molecule has 22 heavy (non-hydrogen) atoms. The summed E-state index contributed by atoms with van der Waals surface area (Å²) in [6, 6.07) is -0.220. The third-order valence-electron chi connectivity index (χ3n) is 5.01. The van der Waals surface area contributed by atoms with Gasteiger partial charge in [-0.25, -0.2) is 0 Å². The predicted octanol–water partition coefficient (Wildman–Crippen LogP) is -0.0129. The molecular formula is C14H28N4O3S. The molecule has 0 aromatic carbocycles. The number of amides is 1. The Balaban J connectivity index is 1.95. The summed E-state index contributed by atoms with van der Waals surface area (Å²) in [5, 5.41) is 0. The minimum Gasteiger partial charge on any atom is -0.368 e. The topological polar surface area (TPSA) is 87.0 Å². The van der Waals surface area contributed by atoms with Crippen LogP contribution < -0.4 is 5.73 Å². The van der Waals surface area contributed by atoms with Gasteiger partial charge in [-0.15, -0.1) is 0 Å². The zero-order valence-electron chi connectivity index (χ0n) is 13.6. The first kappa shape index (κ1) is 17.7. The van der Waals surface area contributed by atoms with Gasteiger partial charge in [-0.05, 0) is 19.8 Å². The molecule has 1 heterocycles. The molecule has 1 saturated carbocycles. The summed E-state index contributed by atoms with van der Waals surface area (Å²) in [6.45, 7) is 3.68. The average Bonchev–Trinajstić information content (AvgIpc) is 2.54. The summed E-state index contributed by atoms with van der Waals surface area (Å²) < 4.78 is 28.6. The zero-order valence-corrected chi connectivity index (χ0v) is 14.4. The SMILES string of the molecule is C[C@H](C(N)=O)N1CCN(S(=O)(=O)N(C)C2CCCCC2)CC1. The van der Waals surface area contributed by atoms with E-state index < -0.39 is 10.2 Å². The first-order chi connectivity index (χ1) is 10.3. The minimum absolute atomic E-state index is 0.126. The lowest BCUT2D eigenvalue weighted by molar-refractivity contribution is -0.123. The molecule has 1 aliphatic heterocycles. The number of hydrogen-bond donors (Lipinski definition) is 1. The van der Waals surface area contributed by atoms with E-state index in [0.717, 1.165) is 25.7 Å². The van der Waals surface area contributed by atoms with Gasteiger partial charge in [-0.3, -0.25) is 9.69 Å². The van der Waals surface area contributed by atoms with E-state index in [9.17, 15) is 13.2 Å². The van der Waals surface area contributed by atoms with Crippen LogP contribution >= 0.6 is 0 Å². The third kappa shape index (κ3) is 3.79. The van der Waals surface area contributed by atoms with Gasteiger partial charge in [-0.1, -0.05) is 19.3 Å². The average molecular weight is 332 g/mol. The van der Waals surface area contributed by atoms with Crippen LogP contribution in [0.5, 0.6) is 0 Å². The molecule has 0 radical (unpaired) electrons. The van der Waals surface area contributed by atoms with Crippen LogP contribution in [0.1, 0.15) is 39.0 Å². The van der Waals surface area contributed by atoms with Crippen molar-refractivity contribution >= 4 is 16.1 Å². The number of carbonyl (C=O) groups excluding carboxylic acids is 1. The normalized spacial score (nSPS) is 24.5. The van der Waals surface area contributed by atoms with Crippen LogP contribution in [0.3, 0.4) is 0 Å². The summed E-state index contributed by atoms with van der Waals surface area (Å²) >= 11 is 0. The Morgan fingerprint density at radius 2 is 1.68 bits per heavy atom. The van der Waals surface area contributed by atoms with Crippen LogP contribution in [0, 0.1) is 0 Å². The highest BCUT2D eigenvalue weighted by Gasteiger charge is 2.35. The number of nitrogens with two attached hydrogens (primary N) is 1. The number of hydrogen-bond acceptors (Lipinski definition) is 4. The summed E-state index contributed by atoms with van der Waals surface area (Å²) in [7, 11) is -1.71. The van der Waals surface area contributed by atoms with Crippen LogP contribution in [-0.2, 0) is 15.0 Å². The maximum Gasteiger partial charge on any atom is 0.282 e. The monoisotopic (exact) mass is 332 g/mol. The fourth-order valence-electron chi connectivity index (χ4n) is 3.32. The molecule has 0 aromatic heterocycles. The van der Waals surface area contributed by atoms with Gasteiger partial charge in [0.05, 0.1) is 6.04 Å². The Kier molecular flexibility index (Phi) is 5.81. The molecule has 128 valence electrons. The first-order valence-electron chi connectivity index (χ1n) is 8.10. The van der Waals surface area contributed by atoms with E-state index in [1.54, 1.807) is 18.3 Å². The smallest absolute Gasteiger partial charge is 0.282 e. The van der Waals surface area contributed by atoms with Crippen molar-refractivity contribution in [3.8, 4) is 0 Å². The fraction of sp³-hybridized carbons (Fsp3) is 0.929. The van der Waals surface area contributed by atoms with Crippen LogP contribution in [0.4, 0.5) is 0 Å². The minimum atomic E-state index is -3.41. The van der Waals surface area contributed by atoms with E-state index in [1.807, 2.05) is 4.90 Å². The highest BCUT2D eigenvalue weighted by atomic mass is 32.2. The second-order valence-corrected chi connectivity index (χ2v) is 8.32. The lowest BCUT2D eigenvalue weighted by Gasteiger charge is -2.39. The standard InChI is InChI=1S/C14H28N4O3S/c1-12(14(15)19)17-8-10-18(11-9-17)22(20,21)16(2)13-6-4-3-5-7-13/h12-13H,3-11H2,1-2H3,(H2,15,19)/t12-/m1/s1. The summed E-state index contributed by atoms with van der Waals surface area (Å²) in [6.07, 6.45) is 5.32. The molecule has 7 nitrogen and oxygen atoms in total. The molecule has 2 fully saturated rings. The molecule has 8 heteroatoms. The Bertz CT molecular complexity index is 482. The van der Waals surface area contributed by atoms with E-state index >= 15 is 0 Å². The second-order valence-electron chi connectivity index (χ2n) is 6.33. The molecule has 1 atom stereocenters. The Hall–Kier alpha value is -0.700. The Labute approximate surface area is 133 Å². The van der Waals surface area contributed by atoms with Crippen molar-refractivity contribution < 1.29 is 13.2 Å². The molecule has 0 aromatic rings. The lowest BCUT2D eigenvalue weighted by atomic mass is 9.96. The molecule has 2 N–H and O–H groups in total. The van der Waals surface area contributed by atoms with Crippen molar-refractivity contribution in [1.82, 2.24) is 13.5 Å². The van der Waals surface area contributed by atoms with Gasteiger partial charge in [0.2, 0.25) is 5.91 Å². The number of carbonyl (C=O) groups is 1. The van der Waals surface area contributed by atoms with E-state index in [-0.39, 0.29) is 18.0 Å². The van der Waals surface area contributed by atoms with E-state index in [2.05, 4.69) is 0 Å². The van der Waals surface area contributed by atoms with Crippen molar-refractivity contribution in [2.24, 2.45) is 5.73 Å². The quantitative estimate of drug-likeness (QED) is 0.767. The number of rotatable bonds is 5. The molecule has 1 amide bonds. The molecule has 1 aliphatic carbocycles. The van der Waals surface area contributed by atoms with Crippen LogP contribution in [0.25, 0.3) is 0 Å². The zero-order chi connectivity index (χ0) is 16.3. The van der Waals surface area contributed by atoms with E-state index in [0.29, 0.717) is 26.2 Å². The van der Waals surface area contributed by atoms with Crippen LogP contribution in [-0.4, -0.2) is 73.1 Å². The fourth-order valence-corrected chi connectivity index (χ4v) is 4.89. The highest BCUT2D eigenvalue weighted by molar-refractivity contribution is 7.86. The van der Waals surface area contributed by atoms with E-state index in [1.165, 1.54) is 10.7 Å². The highest BCUT2D eigenvalue weighted by Crippen LogP contribution is 2.25. The number of nitrogens with zero attached hydrogens (tertiary/aromatic N) is 3. The molecule has 1 saturated heterocycles. The first-order valence-corrected chi connectivity index (χ1v) is 9.50. The largest absolute Gasteiger partial charge is 0.368 e. The molecule has 0 bridgehead atoms. The van der Waals surface area contributed by atoms with Crippen LogP contribution in [0.2, 0.25) is 0 Å².